The van der Waals surface area contributed by atoms with Gasteiger partial charge in [0.05, 0.1) is 6.54 Å². The summed E-state index contributed by atoms with van der Waals surface area (Å²) in [6.45, 7) is 2.98. The van der Waals surface area contributed by atoms with Crippen LogP contribution in [-0.4, -0.2) is 19.1 Å². The predicted octanol–water partition coefficient (Wildman–Crippen LogP) is 3.41. The molecule has 2 aromatic rings. The predicted molar refractivity (Wildman–Crippen MR) is 88.2 cm³/mol. The van der Waals surface area contributed by atoms with Crippen LogP contribution in [0.5, 0.6) is 5.75 Å². The fourth-order valence-corrected chi connectivity index (χ4v) is 2.03. The minimum Gasteiger partial charge on any atom is -0.492 e. The first kappa shape index (κ1) is 14.8. The summed E-state index contributed by atoms with van der Waals surface area (Å²) in [5, 5.41) is 2.83. The van der Waals surface area contributed by atoms with E-state index in [0.29, 0.717) is 18.7 Å². The first-order valence-corrected chi connectivity index (χ1v) is 7.46. The summed E-state index contributed by atoms with van der Waals surface area (Å²) in [4.78, 5) is 11.8. The Labute approximate surface area is 132 Å². The summed E-state index contributed by atoms with van der Waals surface area (Å²) >= 11 is 2.21. The monoisotopic (exact) mass is 381 g/mol. The van der Waals surface area contributed by atoms with Gasteiger partial charge >= 0.3 is 0 Å². The summed E-state index contributed by atoms with van der Waals surface area (Å²) in [6.07, 6.45) is 0. The van der Waals surface area contributed by atoms with E-state index in [1.54, 1.807) is 0 Å². The molecule has 0 aliphatic carbocycles. The number of hydrogen-bond donors (Lipinski definition) is 1. The Kier molecular flexibility index (Phi) is 5.40. The molecule has 0 aromatic heterocycles. The third-order valence-electron chi connectivity index (χ3n) is 2.78. The number of amides is 1. The van der Waals surface area contributed by atoms with E-state index in [1.807, 2.05) is 55.5 Å². The van der Waals surface area contributed by atoms with Crippen molar-refractivity contribution in [3.63, 3.8) is 0 Å². The van der Waals surface area contributed by atoms with Crippen molar-refractivity contribution in [2.24, 2.45) is 0 Å². The van der Waals surface area contributed by atoms with Gasteiger partial charge in [0.25, 0.3) is 5.91 Å². The quantitative estimate of drug-likeness (QED) is 0.637. The first-order valence-electron chi connectivity index (χ1n) is 6.38. The van der Waals surface area contributed by atoms with Crippen LogP contribution in [0.2, 0.25) is 0 Å². The van der Waals surface area contributed by atoms with Gasteiger partial charge in [0.1, 0.15) is 12.4 Å². The largest absolute Gasteiger partial charge is 0.492 e. The molecule has 104 valence electrons. The maximum atomic E-state index is 11.8. The zero-order valence-corrected chi connectivity index (χ0v) is 13.4. The molecule has 4 heteroatoms. The highest BCUT2D eigenvalue weighted by atomic mass is 127. The van der Waals surface area contributed by atoms with E-state index < -0.39 is 0 Å². The van der Waals surface area contributed by atoms with Gasteiger partial charge in [-0.15, -0.1) is 0 Å². The Hall–Kier alpha value is -1.56. The Balaban J connectivity index is 1.74. The summed E-state index contributed by atoms with van der Waals surface area (Å²) in [6, 6.07) is 15.3. The molecular weight excluding hydrogens is 365 g/mol. The topological polar surface area (TPSA) is 38.3 Å². The first-order chi connectivity index (χ1) is 9.65. The summed E-state index contributed by atoms with van der Waals surface area (Å²) in [7, 11) is 0. The van der Waals surface area contributed by atoms with Crippen LogP contribution in [0.25, 0.3) is 0 Å². The van der Waals surface area contributed by atoms with Crippen LogP contribution in [0.4, 0.5) is 0 Å². The second kappa shape index (κ2) is 7.28. The zero-order chi connectivity index (χ0) is 14.4. The van der Waals surface area contributed by atoms with Crippen LogP contribution in [0, 0.1) is 10.5 Å². The number of ether oxygens (including phenoxy) is 1. The van der Waals surface area contributed by atoms with Crippen LogP contribution >= 0.6 is 22.6 Å². The Morgan fingerprint density at radius 3 is 2.40 bits per heavy atom. The fraction of sp³-hybridized carbons (Fsp3) is 0.188. The summed E-state index contributed by atoms with van der Waals surface area (Å²) in [5.74, 6) is 0.744. The van der Waals surface area contributed by atoms with Crippen LogP contribution in [0.3, 0.4) is 0 Å². The molecule has 3 nitrogen and oxygen atoms in total. The number of hydrogen-bond acceptors (Lipinski definition) is 2. The molecule has 0 radical (unpaired) electrons. The molecule has 0 atom stereocenters. The van der Waals surface area contributed by atoms with Crippen LogP contribution in [-0.2, 0) is 0 Å². The van der Waals surface area contributed by atoms with Gasteiger partial charge < -0.3 is 10.1 Å². The minimum atomic E-state index is -0.0751. The number of benzene rings is 2. The van der Waals surface area contributed by atoms with E-state index in [0.717, 1.165) is 9.32 Å². The summed E-state index contributed by atoms with van der Waals surface area (Å²) in [5.41, 5.74) is 1.87. The lowest BCUT2D eigenvalue weighted by molar-refractivity contribution is 0.0947. The molecule has 0 saturated carbocycles. The highest BCUT2D eigenvalue weighted by Gasteiger charge is 2.04. The normalized spacial score (nSPS) is 10.1. The number of carbonyl (C=O) groups is 1. The van der Waals surface area contributed by atoms with Gasteiger partial charge in [0.15, 0.2) is 0 Å². The standard InChI is InChI=1S/C16H16INO2/c1-12-2-8-15(9-3-12)20-11-10-18-16(19)13-4-6-14(17)7-5-13/h2-9H,10-11H2,1H3,(H,18,19). The smallest absolute Gasteiger partial charge is 0.251 e. The molecule has 0 saturated heterocycles. The van der Waals surface area contributed by atoms with Crippen molar-refractivity contribution in [1.82, 2.24) is 5.32 Å². The van der Waals surface area contributed by atoms with E-state index in [9.17, 15) is 4.79 Å². The number of carbonyl (C=O) groups excluding carboxylic acids is 1. The van der Waals surface area contributed by atoms with E-state index in [-0.39, 0.29) is 5.91 Å². The molecule has 1 N–H and O–H groups in total. The molecule has 1 amide bonds. The summed E-state index contributed by atoms with van der Waals surface area (Å²) < 4.78 is 6.66. The van der Waals surface area contributed by atoms with Crippen molar-refractivity contribution in [3.8, 4) is 5.75 Å². The van der Waals surface area contributed by atoms with E-state index in [2.05, 4.69) is 27.9 Å². The van der Waals surface area contributed by atoms with Gasteiger partial charge in [0.2, 0.25) is 0 Å². The van der Waals surface area contributed by atoms with Gasteiger partial charge in [-0.05, 0) is 65.9 Å². The third kappa shape index (κ3) is 4.52. The number of aryl methyl sites for hydroxylation is 1. The molecular formula is C16H16INO2. The molecule has 0 aliphatic rings. The molecule has 0 spiro atoms. The number of rotatable bonds is 5. The zero-order valence-electron chi connectivity index (χ0n) is 11.2. The van der Waals surface area contributed by atoms with Crippen molar-refractivity contribution in [2.75, 3.05) is 13.2 Å². The highest BCUT2D eigenvalue weighted by molar-refractivity contribution is 14.1. The van der Waals surface area contributed by atoms with Gasteiger partial charge in [0, 0.05) is 9.13 Å². The van der Waals surface area contributed by atoms with Crippen LogP contribution in [0.15, 0.2) is 48.5 Å². The Morgan fingerprint density at radius 2 is 1.75 bits per heavy atom. The van der Waals surface area contributed by atoms with Gasteiger partial charge in [-0.2, -0.15) is 0 Å². The van der Waals surface area contributed by atoms with Gasteiger partial charge in [-0.3, -0.25) is 4.79 Å². The van der Waals surface area contributed by atoms with E-state index >= 15 is 0 Å². The van der Waals surface area contributed by atoms with Crippen molar-refractivity contribution < 1.29 is 9.53 Å². The van der Waals surface area contributed by atoms with Gasteiger partial charge in [-0.25, -0.2) is 0 Å². The molecule has 0 heterocycles. The molecule has 2 rings (SSSR count). The number of nitrogens with one attached hydrogen (secondary N) is 1. The van der Waals surface area contributed by atoms with Crippen molar-refractivity contribution in [3.05, 3.63) is 63.2 Å². The molecule has 2 aromatic carbocycles. The second-order valence-electron chi connectivity index (χ2n) is 4.42. The Morgan fingerprint density at radius 1 is 1.10 bits per heavy atom. The average Bonchev–Trinajstić information content (AvgIpc) is 2.46. The maximum Gasteiger partial charge on any atom is 0.251 e. The number of halogens is 1. The Bertz CT molecular complexity index is 564. The molecule has 0 aliphatic heterocycles. The molecule has 0 fully saturated rings. The fourth-order valence-electron chi connectivity index (χ4n) is 1.67. The van der Waals surface area contributed by atoms with Crippen molar-refractivity contribution in [2.45, 2.75) is 6.92 Å². The minimum absolute atomic E-state index is 0.0751. The van der Waals surface area contributed by atoms with Gasteiger partial charge in [-0.1, -0.05) is 17.7 Å². The van der Waals surface area contributed by atoms with E-state index in [1.165, 1.54) is 5.56 Å². The van der Waals surface area contributed by atoms with Crippen molar-refractivity contribution >= 4 is 28.5 Å². The molecule has 0 bridgehead atoms. The average molecular weight is 381 g/mol. The lowest BCUT2D eigenvalue weighted by Gasteiger charge is -2.08. The van der Waals surface area contributed by atoms with E-state index in [4.69, 9.17) is 4.74 Å². The third-order valence-corrected chi connectivity index (χ3v) is 3.50. The van der Waals surface area contributed by atoms with Crippen LogP contribution in [0.1, 0.15) is 15.9 Å². The maximum absolute atomic E-state index is 11.8. The van der Waals surface area contributed by atoms with Crippen molar-refractivity contribution in [1.29, 1.82) is 0 Å². The lowest BCUT2D eigenvalue weighted by Crippen LogP contribution is -2.28. The molecule has 0 unspecified atom stereocenters. The SMILES string of the molecule is Cc1ccc(OCCNC(=O)c2ccc(I)cc2)cc1. The lowest BCUT2D eigenvalue weighted by atomic mass is 10.2. The molecule has 20 heavy (non-hydrogen) atoms. The second-order valence-corrected chi connectivity index (χ2v) is 5.67. The van der Waals surface area contributed by atoms with Crippen LogP contribution < -0.4 is 10.1 Å². The highest BCUT2D eigenvalue weighted by Crippen LogP contribution is 2.11.